The molecular weight excluding hydrogens is 637 g/mol. The van der Waals surface area contributed by atoms with Crippen LogP contribution in [0.4, 0.5) is 0 Å². The molecule has 48 heavy (non-hydrogen) atoms. The number of aliphatic hydroxyl groups excluding tert-OH is 1. The lowest BCUT2D eigenvalue weighted by atomic mass is 10.1. The first-order valence-electron chi connectivity index (χ1n) is 18.7. The molecule has 3 atom stereocenters. The summed E-state index contributed by atoms with van der Waals surface area (Å²) >= 11 is 0. The lowest BCUT2D eigenvalue weighted by molar-refractivity contribution is -0.147. The van der Waals surface area contributed by atoms with Crippen LogP contribution in [-0.4, -0.2) is 64.9 Å². The molecule has 282 valence electrons. The third kappa shape index (κ3) is 31.5. The Kier molecular flexibility index (Phi) is 31.2. The number of carboxylic acids is 1. The Morgan fingerprint density at radius 1 is 0.646 bits per heavy atom. The van der Waals surface area contributed by atoms with Gasteiger partial charge in [0.05, 0.1) is 13.2 Å². The largest absolute Gasteiger partial charge is 0.480 e. The van der Waals surface area contributed by atoms with Gasteiger partial charge in [-0.3, -0.25) is 18.6 Å². The molecule has 0 bridgehead atoms. The zero-order chi connectivity index (χ0) is 35.7. The maximum absolute atomic E-state index is 12.2. The molecule has 0 fully saturated rings. The zero-order valence-corrected chi connectivity index (χ0v) is 30.9. The van der Waals surface area contributed by atoms with Crippen molar-refractivity contribution in [3.63, 3.8) is 0 Å². The number of unbranched alkanes of at least 4 members (excludes halogenated alkanes) is 19. The van der Waals surface area contributed by atoms with Gasteiger partial charge in [0, 0.05) is 12.8 Å². The molecule has 0 saturated heterocycles. The van der Waals surface area contributed by atoms with Crippen LogP contribution in [-0.2, 0) is 32.7 Å². The van der Waals surface area contributed by atoms with E-state index in [9.17, 15) is 34.1 Å². The van der Waals surface area contributed by atoms with Gasteiger partial charge in [0.15, 0.2) is 6.04 Å². The molecule has 0 saturated carbocycles. The van der Waals surface area contributed by atoms with Gasteiger partial charge in [-0.1, -0.05) is 129 Å². The average molecular weight is 706 g/mol. The fraction of sp³-hybridized carbons (Fsp3) is 0.861. The van der Waals surface area contributed by atoms with Crippen molar-refractivity contribution in [2.24, 2.45) is 0 Å². The van der Waals surface area contributed by atoms with Crippen molar-refractivity contribution >= 4 is 25.7 Å². The van der Waals surface area contributed by atoms with Crippen LogP contribution in [0, 0.1) is 0 Å². The molecule has 11 nitrogen and oxygen atoms in total. The molecule has 0 aromatic carbocycles. The van der Waals surface area contributed by atoms with Gasteiger partial charge in [0.2, 0.25) is 5.91 Å². The first-order chi connectivity index (χ1) is 23.1. The van der Waals surface area contributed by atoms with Gasteiger partial charge in [-0.25, -0.2) is 9.36 Å². The highest BCUT2D eigenvalue weighted by Gasteiger charge is 2.28. The SMILES string of the molecule is CCCCCCCC/C=C\CCCCCCCCCC(=O)NC(COP(=O)(O)OCC(O)COC(=O)CCCCCCCCC)C(=O)O. The summed E-state index contributed by atoms with van der Waals surface area (Å²) in [5, 5.41) is 21.7. The Balaban J connectivity index is 3.96. The zero-order valence-electron chi connectivity index (χ0n) is 30.0. The minimum atomic E-state index is -4.74. The smallest absolute Gasteiger partial charge is 0.472 e. The summed E-state index contributed by atoms with van der Waals surface area (Å²) in [6, 6.07) is -1.54. The Morgan fingerprint density at radius 2 is 1.08 bits per heavy atom. The topological polar surface area (TPSA) is 169 Å². The molecule has 0 aliphatic heterocycles. The van der Waals surface area contributed by atoms with Gasteiger partial charge >= 0.3 is 19.8 Å². The van der Waals surface area contributed by atoms with Gasteiger partial charge in [-0.15, -0.1) is 0 Å². The van der Waals surface area contributed by atoms with E-state index in [2.05, 4.69) is 31.3 Å². The molecular formula is C36H68NO10P. The van der Waals surface area contributed by atoms with Crippen LogP contribution in [0.5, 0.6) is 0 Å². The minimum absolute atomic E-state index is 0.143. The molecule has 3 unspecified atom stereocenters. The third-order valence-electron chi connectivity index (χ3n) is 8.05. The number of amides is 1. The normalized spacial score (nSPS) is 14.1. The van der Waals surface area contributed by atoms with Crippen LogP contribution in [0.3, 0.4) is 0 Å². The first kappa shape index (κ1) is 46.2. The molecule has 0 aromatic heterocycles. The van der Waals surface area contributed by atoms with Crippen molar-refractivity contribution in [2.45, 2.75) is 180 Å². The summed E-state index contributed by atoms with van der Waals surface area (Å²) in [5.74, 6) is -2.38. The van der Waals surface area contributed by atoms with Crippen LogP contribution in [0.2, 0.25) is 0 Å². The molecule has 1 amide bonds. The van der Waals surface area contributed by atoms with E-state index >= 15 is 0 Å². The van der Waals surface area contributed by atoms with Crippen molar-refractivity contribution < 1.29 is 47.8 Å². The van der Waals surface area contributed by atoms with Crippen molar-refractivity contribution in [2.75, 3.05) is 19.8 Å². The number of ether oxygens (including phenoxy) is 1. The highest BCUT2D eigenvalue weighted by Crippen LogP contribution is 2.43. The third-order valence-corrected chi connectivity index (χ3v) is 9.01. The lowest BCUT2D eigenvalue weighted by Gasteiger charge is -2.18. The number of carboxylic acid groups (broad SMARTS) is 1. The van der Waals surface area contributed by atoms with E-state index in [0.717, 1.165) is 51.4 Å². The number of hydrogen-bond acceptors (Lipinski definition) is 8. The second-order valence-electron chi connectivity index (χ2n) is 12.8. The molecule has 0 aromatic rings. The number of nitrogens with one attached hydrogen (secondary N) is 1. The molecule has 0 aliphatic rings. The van der Waals surface area contributed by atoms with Gasteiger partial charge < -0.3 is 25.2 Å². The number of carbonyl (C=O) groups is 3. The highest BCUT2D eigenvalue weighted by atomic mass is 31.2. The van der Waals surface area contributed by atoms with E-state index in [4.69, 9.17) is 13.8 Å². The summed E-state index contributed by atoms with van der Waals surface area (Å²) in [5.41, 5.74) is 0. The molecule has 0 rings (SSSR count). The molecule has 12 heteroatoms. The molecule has 0 heterocycles. The number of carbonyl (C=O) groups excluding carboxylic acids is 2. The van der Waals surface area contributed by atoms with Crippen LogP contribution in [0.15, 0.2) is 12.2 Å². The summed E-state index contributed by atoms with van der Waals surface area (Å²) in [6.45, 7) is 2.51. The van der Waals surface area contributed by atoms with Crippen LogP contribution in [0.1, 0.15) is 168 Å². The minimum Gasteiger partial charge on any atom is -0.480 e. The quantitative estimate of drug-likeness (QED) is 0.0217. The van der Waals surface area contributed by atoms with Gasteiger partial charge in [-0.05, 0) is 38.5 Å². The van der Waals surface area contributed by atoms with E-state index in [1.54, 1.807) is 0 Å². The number of hydrogen-bond donors (Lipinski definition) is 4. The van der Waals surface area contributed by atoms with Crippen molar-refractivity contribution in [1.29, 1.82) is 0 Å². The average Bonchev–Trinajstić information content (AvgIpc) is 3.05. The second kappa shape index (κ2) is 32.4. The molecule has 0 spiro atoms. The van der Waals surface area contributed by atoms with Crippen molar-refractivity contribution in [3.05, 3.63) is 12.2 Å². The maximum atomic E-state index is 12.2. The summed E-state index contributed by atoms with van der Waals surface area (Å²) in [4.78, 5) is 45.5. The fourth-order valence-electron chi connectivity index (χ4n) is 5.07. The number of rotatable bonds is 35. The molecule has 0 radical (unpaired) electrons. The number of phosphoric ester groups is 1. The van der Waals surface area contributed by atoms with Crippen molar-refractivity contribution in [1.82, 2.24) is 5.32 Å². The van der Waals surface area contributed by atoms with Crippen LogP contribution >= 0.6 is 7.82 Å². The molecule has 4 N–H and O–H groups in total. The van der Waals surface area contributed by atoms with Crippen molar-refractivity contribution in [3.8, 4) is 0 Å². The lowest BCUT2D eigenvalue weighted by Crippen LogP contribution is -2.43. The van der Waals surface area contributed by atoms with E-state index < -0.39 is 57.6 Å². The summed E-state index contributed by atoms with van der Waals surface area (Å²) in [6.07, 6.45) is 28.4. The van der Waals surface area contributed by atoms with E-state index in [1.807, 2.05) is 0 Å². The number of esters is 1. The fourth-order valence-corrected chi connectivity index (χ4v) is 5.85. The number of aliphatic hydroxyl groups is 1. The van der Waals surface area contributed by atoms with E-state index in [-0.39, 0.29) is 12.8 Å². The number of phosphoric acid groups is 1. The summed E-state index contributed by atoms with van der Waals surface area (Å²) in [7, 11) is -4.74. The van der Waals surface area contributed by atoms with Crippen LogP contribution < -0.4 is 5.32 Å². The first-order valence-corrected chi connectivity index (χ1v) is 20.2. The second-order valence-corrected chi connectivity index (χ2v) is 14.2. The van der Waals surface area contributed by atoms with Gasteiger partial charge in [0.25, 0.3) is 0 Å². The Bertz CT molecular complexity index is 885. The van der Waals surface area contributed by atoms with Gasteiger partial charge in [0.1, 0.15) is 12.7 Å². The standard InChI is InChI=1S/C36H68NO10P/c1-3-5-7-9-11-12-13-14-15-16-17-18-19-20-22-23-25-27-34(39)37-33(36(41)42)31-47-48(43,44)46-30-32(38)29-45-35(40)28-26-24-21-10-8-6-4-2/h14-15,32-33,38H,3-13,16-31H2,1-2H3,(H,37,39)(H,41,42)(H,43,44)/b15-14-. The Hall–Kier alpha value is -1.78. The predicted octanol–water partition coefficient (Wildman–Crippen LogP) is 8.55. The number of allylic oxidation sites excluding steroid dienone is 2. The van der Waals surface area contributed by atoms with Gasteiger partial charge in [-0.2, -0.15) is 0 Å². The Labute approximate surface area is 290 Å². The highest BCUT2D eigenvalue weighted by molar-refractivity contribution is 7.47. The van der Waals surface area contributed by atoms with E-state index in [1.165, 1.54) is 77.0 Å². The molecule has 0 aliphatic carbocycles. The summed E-state index contributed by atoms with van der Waals surface area (Å²) < 4.78 is 26.6. The monoisotopic (exact) mass is 705 g/mol. The number of aliphatic carboxylic acids is 1. The maximum Gasteiger partial charge on any atom is 0.472 e. The van der Waals surface area contributed by atoms with Crippen LogP contribution in [0.25, 0.3) is 0 Å². The predicted molar refractivity (Wildman–Crippen MR) is 190 cm³/mol. The van der Waals surface area contributed by atoms with E-state index in [0.29, 0.717) is 12.8 Å². The Morgan fingerprint density at radius 3 is 1.58 bits per heavy atom.